The van der Waals surface area contributed by atoms with E-state index in [0.717, 1.165) is 26.9 Å². The number of ether oxygens (including phenoxy) is 2. The molecule has 0 radical (unpaired) electrons. The summed E-state index contributed by atoms with van der Waals surface area (Å²) in [6, 6.07) is 31.3. The maximum Gasteiger partial charge on any atom is 0.348 e. The zero-order chi connectivity index (χ0) is 24.9. The van der Waals surface area contributed by atoms with Crippen molar-refractivity contribution in [3.8, 4) is 28.6 Å². The van der Waals surface area contributed by atoms with Gasteiger partial charge in [0, 0.05) is 6.07 Å². The van der Waals surface area contributed by atoms with Crippen LogP contribution >= 0.6 is 15.9 Å². The zero-order valence-electron chi connectivity index (χ0n) is 19.6. The van der Waals surface area contributed by atoms with Gasteiger partial charge in [-0.2, -0.15) is 5.10 Å². The summed E-state index contributed by atoms with van der Waals surface area (Å²) >= 11 is 3.64. The van der Waals surface area contributed by atoms with Crippen molar-refractivity contribution in [1.82, 2.24) is 14.8 Å². The molecule has 5 rings (SSSR count). The first-order valence-corrected chi connectivity index (χ1v) is 12.3. The lowest BCUT2D eigenvalue weighted by Crippen LogP contribution is -2.16. The quantitative estimate of drug-likeness (QED) is 0.245. The Morgan fingerprint density at radius 2 is 1.39 bits per heavy atom. The second-order valence-corrected chi connectivity index (χ2v) is 9.16. The zero-order valence-corrected chi connectivity index (χ0v) is 21.2. The van der Waals surface area contributed by atoms with Crippen LogP contribution in [-0.4, -0.2) is 14.8 Å². The van der Waals surface area contributed by atoms with Gasteiger partial charge in [0.05, 0.1) is 15.7 Å². The minimum absolute atomic E-state index is 0.325. The van der Waals surface area contributed by atoms with Gasteiger partial charge < -0.3 is 9.47 Å². The fraction of sp³-hybridized carbons (Fsp3) is 0.103. The van der Waals surface area contributed by atoms with Crippen LogP contribution in [0, 0.1) is 6.92 Å². The van der Waals surface area contributed by atoms with Crippen molar-refractivity contribution in [2.24, 2.45) is 0 Å². The molecule has 0 saturated heterocycles. The molecule has 0 atom stereocenters. The molecule has 1 heterocycles. The van der Waals surface area contributed by atoms with Crippen molar-refractivity contribution in [3.63, 3.8) is 0 Å². The topological polar surface area (TPSA) is 69.1 Å². The molecule has 0 unspecified atom stereocenters. The Labute approximate surface area is 217 Å². The number of aromatic nitrogens is 3. The lowest BCUT2D eigenvalue weighted by Gasteiger charge is -2.16. The first-order chi connectivity index (χ1) is 17.6. The van der Waals surface area contributed by atoms with Crippen LogP contribution in [-0.2, 0) is 13.2 Å². The maximum absolute atomic E-state index is 12.8. The Morgan fingerprint density at radius 1 is 0.806 bits per heavy atom. The van der Waals surface area contributed by atoms with Crippen LogP contribution in [0.1, 0.15) is 16.7 Å². The van der Waals surface area contributed by atoms with Gasteiger partial charge in [-0.1, -0.05) is 78.9 Å². The van der Waals surface area contributed by atoms with Crippen LogP contribution in [0.25, 0.3) is 17.1 Å². The van der Waals surface area contributed by atoms with Crippen molar-refractivity contribution < 1.29 is 9.47 Å². The number of nitrogens with one attached hydrogen (secondary N) is 1. The summed E-state index contributed by atoms with van der Waals surface area (Å²) in [5.41, 5.74) is 4.12. The molecule has 1 N–H and O–H groups in total. The molecule has 0 bridgehead atoms. The maximum atomic E-state index is 12.8. The van der Waals surface area contributed by atoms with E-state index in [1.807, 2.05) is 104 Å². The molecule has 1 aromatic heterocycles. The molecular weight excluding hydrogens is 518 g/mol. The van der Waals surface area contributed by atoms with E-state index in [9.17, 15) is 4.79 Å². The average Bonchev–Trinajstić information content (AvgIpc) is 3.29. The lowest BCUT2D eigenvalue weighted by atomic mass is 10.1. The predicted octanol–water partition coefficient (Wildman–Crippen LogP) is 6.46. The van der Waals surface area contributed by atoms with Gasteiger partial charge in [0.25, 0.3) is 0 Å². The highest BCUT2D eigenvalue weighted by Crippen LogP contribution is 2.39. The molecule has 0 aliphatic carbocycles. The van der Waals surface area contributed by atoms with Gasteiger partial charge in [0.1, 0.15) is 24.7 Å². The molecule has 0 saturated carbocycles. The van der Waals surface area contributed by atoms with Gasteiger partial charge in [0.2, 0.25) is 0 Å². The van der Waals surface area contributed by atoms with Crippen molar-refractivity contribution in [1.29, 1.82) is 0 Å². The molecule has 7 heteroatoms. The third-order valence-electron chi connectivity index (χ3n) is 5.78. The van der Waals surface area contributed by atoms with Gasteiger partial charge in [-0.3, -0.25) is 0 Å². The third-order valence-corrected chi connectivity index (χ3v) is 6.40. The molecule has 4 aromatic carbocycles. The Bertz CT molecular complexity index is 1530. The summed E-state index contributed by atoms with van der Waals surface area (Å²) in [5, 5.41) is 6.97. The summed E-state index contributed by atoms with van der Waals surface area (Å²) in [7, 11) is 0. The van der Waals surface area contributed by atoms with Crippen LogP contribution in [0.3, 0.4) is 0 Å². The molecule has 180 valence electrons. The van der Waals surface area contributed by atoms with Crippen LogP contribution < -0.4 is 15.2 Å². The smallest absolute Gasteiger partial charge is 0.348 e. The number of nitrogens with zero attached hydrogens (tertiary/aromatic N) is 2. The molecule has 36 heavy (non-hydrogen) atoms. The number of H-pyrrole nitrogens is 1. The minimum Gasteiger partial charge on any atom is -0.488 e. The Morgan fingerprint density at radius 3 is 2.03 bits per heavy atom. The molecule has 0 amide bonds. The number of halogens is 1. The number of rotatable bonds is 8. The van der Waals surface area contributed by atoms with Crippen LogP contribution in [0.2, 0.25) is 0 Å². The van der Waals surface area contributed by atoms with Crippen molar-refractivity contribution in [3.05, 3.63) is 129 Å². The fourth-order valence-corrected chi connectivity index (χ4v) is 4.38. The number of hydrogen-bond donors (Lipinski definition) is 1. The molecule has 0 aliphatic rings. The summed E-state index contributed by atoms with van der Waals surface area (Å²) in [6.07, 6.45) is 0. The largest absolute Gasteiger partial charge is 0.488 e. The predicted molar refractivity (Wildman–Crippen MR) is 144 cm³/mol. The van der Waals surface area contributed by atoms with E-state index in [0.29, 0.717) is 36.1 Å². The first-order valence-electron chi connectivity index (χ1n) is 11.5. The first kappa shape index (κ1) is 23.6. The van der Waals surface area contributed by atoms with E-state index in [4.69, 9.17) is 9.47 Å². The van der Waals surface area contributed by atoms with E-state index in [-0.39, 0.29) is 5.69 Å². The Balaban J connectivity index is 1.57. The number of benzene rings is 4. The number of hydrogen-bond acceptors (Lipinski definition) is 4. The summed E-state index contributed by atoms with van der Waals surface area (Å²) in [6.45, 7) is 2.72. The van der Waals surface area contributed by atoms with Gasteiger partial charge >= 0.3 is 5.69 Å². The molecule has 0 spiro atoms. The number of aryl methyl sites for hydroxylation is 1. The Hall–Kier alpha value is -4.10. The van der Waals surface area contributed by atoms with E-state index in [2.05, 4.69) is 26.1 Å². The molecular formula is C29H24BrN3O3. The molecule has 0 fully saturated rings. The highest BCUT2D eigenvalue weighted by molar-refractivity contribution is 9.10. The third kappa shape index (κ3) is 5.11. The molecule has 0 aliphatic heterocycles. The molecule has 6 nitrogen and oxygen atoms in total. The van der Waals surface area contributed by atoms with Crippen LogP contribution in [0.15, 0.2) is 106 Å². The number of para-hydroxylation sites is 1. The normalized spacial score (nSPS) is 10.8. The number of aromatic amines is 1. The lowest BCUT2D eigenvalue weighted by molar-refractivity contribution is 0.289. The van der Waals surface area contributed by atoms with Gasteiger partial charge in [0.15, 0.2) is 5.82 Å². The minimum atomic E-state index is -0.325. The van der Waals surface area contributed by atoms with E-state index in [1.165, 1.54) is 0 Å². The highest BCUT2D eigenvalue weighted by Gasteiger charge is 2.21. The van der Waals surface area contributed by atoms with Crippen molar-refractivity contribution in [2.75, 3.05) is 0 Å². The summed E-state index contributed by atoms with van der Waals surface area (Å²) < 4.78 is 14.7. The summed E-state index contributed by atoms with van der Waals surface area (Å²) in [4.78, 5) is 12.8. The van der Waals surface area contributed by atoms with Crippen molar-refractivity contribution >= 4 is 15.9 Å². The van der Waals surface area contributed by atoms with Gasteiger partial charge in [-0.15, -0.1) is 0 Å². The standard InChI is InChI=1S/C29H24BrN3O3/c1-20-10-8-9-15-25(20)33-28(31-32-29(33)34)23-16-24(30)27(36-19-22-13-6-3-7-14-22)17-26(23)35-18-21-11-4-2-5-12-21/h2-17H,18-19H2,1H3,(H,32,34). The van der Waals surface area contributed by atoms with Crippen LogP contribution in [0.5, 0.6) is 11.5 Å². The SMILES string of the molecule is Cc1ccccc1-n1c(-c2cc(Br)c(OCc3ccccc3)cc2OCc2ccccc2)n[nH]c1=O. The highest BCUT2D eigenvalue weighted by atomic mass is 79.9. The molecule has 5 aromatic rings. The Kier molecular flexibility index (Phi) is 7.00. The monoisotopic (exact) mass is 541 g/mol. The second-order valence-electron chi connectivity index (χ2n) is 8.30. The van der Waals surface area contributed by atoms with Gasteiger partial charge in [-0.25, -0.2) is 14.5 Å². The average molecular weight is 542 g/mol. The second kappa shape index (κ2) is 10.7. The van der Waals surface area contributed by atoms with Gasteiger partial charge in [-0.05, 0) is 51.7 Å². The summed E-state index contributed by atoms with van der Waals surface area (Å²) in [5.74, 6) is 1.64. The van der Waals surface area contributed by atoms with E-state index >= 15 is 0 Å². The van der Waals surface area contributed by atoms with Crippen molar-refractivity contribution in [2.45, 2.75) is 20.1 Å². The van der Waals surface area contributed by atoms with E-state index < -0.39 is 0 Å². The fourth-order valence-electron chi connectivity index (χ4n) is 3.93. The van der Waals surface area contributed by atoms with Crippen LogP contribution in [0.4, 0.5) is 0 Å². The van der Waals surface area contributed by atoms with E-state index in [1.54, 1.807) is 4.57 Å².